The first-order valence-corrected chi connectivity index (χ1v) is 9.40. The number of amides is 1. The van der Waals surface area contributed by atoms with Crippen molar-refractivity contribution in [3.8, 4) is 11.1 Å². The third-order valence-electron chi connectivity index (χ3n) is 4.65. The molecule has 0 saturated carbocycles. The topological polar surface area (TPSA) is 49.3 Å². The fourth-order valence-corrected chi connectivity index (χ4v) is 3.35. The number of aliphatic hydroxyl groups excluding tert-OH is 1. The summed E-state index contributed by atoms with van der Waals surface area (Å²) >= 11 is 6.02. The summed E-state index contributed by atoms with van der Waals surface area (Å²) in [6.45, 7) is 3.45. The van der Waals surface area contributed by atoms with Gasteiger partial charge in [-0.25, -0.2) is 8.78 Å². The first-order chi connectivity index (χ1) is 13.8. The largest absolute Gasteiger partial charge is 0.392 e. The van der Waals surface area contributed by atoms with E-state index in [0.29, 0.717) is 28.3 Å². The van der Waals surface area contributed by atoms with Crippen LogP contribution in [0.25, 0.3) is 11.1 Å². The van der Waals surface area contributed by atoms with Gasteiger partial charge in [0.1, 0.15) is 11.6 Å². The predicted molar refractivity (Wildman–Crippen MR) is 110 cm³/mol. The lowest BCUT2D eigenvalue weighted by molar-refractivity contribution is 0.0950. The van der Waals surface area contributed by atoms with Crippen molar-refractivity contribution in [3.63, 3.8) is 0 Å². The van der Waals surface area contributed by atoms with Crippen LogP contribution in [-0.2, 0) is 13.2 Å². The minimum atomic E-state index is -0.722. The van der Waals surface area contributed by atoms with Crippen LogP contribution in [0.5, 0.6) is 0 Å². The highest BCUT2D eigenvalue weighted by atomic mass is 35.5. The minimum absolute atomic E-state index is 0.198. The summed E-state index contributed by atoms with van der Waals surface area (Å²) in [4.78, 5) is 12.7. The third-order valence-corrected chi connectivity index (χ3v) is 5.08. The molecule has 3 rings (SSSR count). The van der Waals surface area contributed by atoms with Gasteiger partial charge in [0.05, 0.1) is 6.61 Å². The lowest BCUT2D eigenvalue weighted by atomic mass is 9.95. The van der Waals surface area contributed by atoms with E-state index in [-0.39, 0.29) is 23.6 Å². The van der Waals surface area contributed by atoms with Gasteiger partial charge >= 0.3 is 0 Å². The van der Waals surface area contributed by atoms with Crippen molar-refractivity contribution in [2.75, 3.05) is 0 Å². The molecule has 6 heteroatoms. The second-order valence-corrected chi connectivity index (χ2v) is 7.33. The van der Waals surface area contributed by atoms with Gasteiger partial charge in [0, 0.05) is 28.8 Å². The highest BCUT2D eigenvalue weighted by Gasteiger charge is 2.15. The first kappa shape index (κ1) is 21.0. The molecule has 3 aromatic rings. The molecule has 29 heavy (non-hydrogen) atoms. The van der Waals surface area contributed by atoms with Crippen LogP contribution in [0.15, 0.2) is 48.5 Å². The Morgan fingerprint density at radius 2 is 1.76 bits per heavy atom. The van der Waals surface area contributed by atoms with Gasteiger partial charge in [0.25, 0.3) is 5.91 Å². The molecule has 0 atom stereocenters. The number of aryl methyl sites for hydroxylation is 2. The number of carbonyl (C=O) groups is 1. The molecule has 2 N–H and O–H groups in total. The Balaban J connectivity index is 1.90. The van der Waals surface area contributed by atoms with Gasteiger partial charge in [-0.3, -0.25) is 4.79 Å². The summed E-state index contributed by atoms with van der Waals surface area (Å²) in [6.07, 6.45) is 0. The zero-order chi connectivity index (χ0) is 21.1. The standard InChI is InChI=1S/C23H20ClF2NO2/c1-13-5-15(3-4-20(13)24)11-27-23(29)18-8-16(12-28)7-17(9-18)22-14(2)6-19(25)10-21(22)26/h3-10,28H,11-12H2,1-2H3,(H,27,29). The Kier molecular flexibility index (Phi) is 6.30. The van der Waals surface area contributed by atoms with Gasteiger partial charge in [-0.05, 0) is 72.0 Å². The van der Waals surface area contributed by atoms with E-state index in [9.17, 15) is 18.7 Å². The van der Waals surface area contributed by atoms with Crippen molar-refractivity contribution in [3.05, 3.63) is 93.0 Å². The maximum Gasteiger partial charge on any atom is 0.251 e. The molecule has 0 aliphatic carbocycles. The summed E-state index contributed by atoms with van der Waals surface area (Å²) in [7, 11) is 0. The van der Waals surface area contributed by atoms with Crippen molar-refractivity contribution in [2.45, 2.75) is 27.0 Å². The van der Waals surface area contributed by atoms with Gasteiger partial charge in [-0.15, -0.1) is 0 Å². The van der Waals surface area contributed by atoms with Crippen LogP contribution < -0.4 is 5.32 Å². The molecule has 0 bridgehead atoms. The smallest absolute Gasteiger partial charge is 0.251 e. The number of hydrogen-bond acceptors (Lipinski definition) is 2. The molecular formula is C23H20ClF2NO2. The summed E-state index contributed by atoms with van der Waals surface area (Å²) in [6, 6.07) is 12.2. The summed E-state index contributed by atoms with van der Waals surface area (Å²) in [5.74, 6) is -1.76. The molecule has 3 nitrogen and oxygen atoms in total. The molecule has 0 spiro atoms. The number of halogens is 3. The van der Waals surface area contributed by atoms with Crippen LogP contribution in [0.1, 0.15) is 32.6 Å². The number of benzene rings is 3. The van der Waals surface area contributed by atoms with E-state index in [4.69, 9.17) is 11.6 Å². The SMILES string of the molecule is Cc1cc(CNC(=O)c2cc(CO)cc(-c3c(C)cc(F)cc3F)c2)ccc1Cl. The Morgan fingerprint density at radius 1 is 1.00 bits per heavy atom. The van der Waals surface area contributed by atoms with E-state index in [1.807, 2.05) is 19.1 Å². The van der Waals surface area contributed by atoms with Crippen molar-refractivity contribution in [1.82, 2.24) is 5.32 Å². The van der Waals surface area contributed by atoms with Crippen LogP contribution in [0.2, 0.25) is 5.02 Å². The highest BCUT2D eigenvalue weighted by molar-refractivity contribution is 6.31. The quantitative estimate of drug-likeness (QED) is 0.592. The average Bonchev–Trinajstić information content (AvgIpc) is 2.67. The number of rotatable bonds is 5. The predicted octanol–water partition coefficient (Wildman–Crippen LogP) is 5.32. The molecule has 0 aliphatic heterocycles. The molecule has 0 aromatic heterocycles. The summed E-state index contributed by atoms with van der Waals surface area (Å²) < 4.78 is 27.8. The van der Waals surface area contributed by atoms with E-state index in [1.165, 1.54) is 12.1 Å². The molecule has 3 aromatic carbocycles. The number of aliphatic hydroxyl groups is 1. The lowest BCUT2D eigenvalue weighted by Crippen LogP contribution is -2.23. The van der Waals surface area contributed by atoms with Gasteiger partial charge < -0.3 is 10.4 Å². The maximum atomic E-state index is 14.4. The van der Waals surface area contributed by atoms with Gasteiger partial charge in [-0.1, -0.05) is 23.7 Å². The van der Waals surface area contributed by atoms with Crippen LogP contribution >= 0.6 is 11.6 Å². The first-order valence-electron chi connectivity index (χ1n) is 9.02. The van der Waals surface area contributed by atoms with E-state index >= 15 is 0 Å². The third kappa shape index (κ3) is 4.81. The van der Waals surface area contributed by atoms with E-state index in [2.05, 4.69) is 5.32 Å². The van der Waals surface area contributed by atoms with E-state index < -0.39 is 11.6 Å². The highest BCUT2D eigenvalue weighted by Crippen LogP contribution is 2.29. The number of carbonyl (C=O) groups excluding carboxylic acids is 1. The van der Waals surface area contributed by atoms with Crippen molar-refractivity contribution < 1.29 is 18.7 Å². The van der Waals surface area contributed by atoms with Gasteiger partial charge in [0.2, 0.25) is 0 Å². The minimum Gasteiger partial charge on any atom is -0.392 e. The number of nitrogens with one attached hydrogen (secondary N) is 1. The zero-order valence-corrected chi connectivity index (χ0v) is 16.8. The van der Waals surface area contributed by atoms with Crippen LogP contribution in [-0.4, -0.2) is 11.0 Å². The normalized spacial score (nSPS) is 10.8. The monoisotopic (exact) mass is 415 g/mol. The van der Waals surface area contributed by atoms with Crippen molar-refractivity contribution in [2.24, 2.45) is 0 Å². The molecule has 0 radical (unpaired) electrons. The fourth-order valence-electron chi connectivity index (χ4n) is 3.23. The molecule has 0 unspecified atom stereocenters. The molecule has 0 aliphatic rings. The van der Waals surface area contributed by atoms with Gasteiger partial charge in [-0.2, -0.15) is 0 Å². The average molecular weight is 416 g/mol. The van der Waals surface area contributed by atoms with E-state index in [0.717, 1.165) is 17.2 Å². The Hall–Kier alpha value is -2.76. The number of hydrogen-bond donors (Lipinski definition) is 2. The van der Waals surface area contributed by atoms with Crippen molar-refractivity contribution >= 4 is 17.5 Å². The Bertz CT molecular complexity index is 1060. The van der Waals surface area contributed by atoms with E-state index in [1.54, 1.807) is 25.1 Å². The second-order valence-electron chi connectivity index (χ2n) is 6.92. The Labute approximate surface area is 173 Å². The maximum absolute atomic E-state index is 14.4. The fraction of sp³-hybridized carbons (Fsp3) is 0.174. The van der Waals surface area contributed by atoms with Crippen LogP contribution in [0.4, 0.5) is 8.78 Å². The van der Waals surface area contributed by atoms with Crippen LogP contribution in [0, 0.1) is 25.5 Å². The summed E-state index contributed by atoms with van der Waals surface area (Å²) in [5.41, 5.74) is 3.53. The molecule has 1 amide bonds. The molecule has 0 heterocycles. The molecule has 0 fully saturated rings. The molecule has 0 saturated heterocycles. The summed E-state index contributed by atoms with van der Waals surface area (Å²) in [5, 5.41) is 13.0. The molecular weight excluding hydrogens is 396 g/mol. The lowest BCUT2D eigenvalue weighted by Gasteiger charge is -2.13. The van der Waals surface area contributed by atoms with Gasteiger partial charge in [0.15, 0.2) is 0 Å². The Morgan fingerprint density at radius 3 is 2.41 bits per heavy atom. The zero-order valence-electron chi connectivity index (χ0n) is 16.0. The van der Waals surface area contributed by atoms with Crippen molar-refractivity contribution in [1.29, 1.82) is 0 Å². The molecule has 150 valence electrons. The van der Waals surface area contributed by atoms with Crippen LogP contribution in [0.3, 0.4) is 0 Å². The second kappa shape index (κ2) is 8.72.